The fourth-order valence-corrected chi connectivity index (χ4v) is 2.06. The molecule has 1 saturated heterocycles. The van der Waals surface area contributed by atoms with Crippen molar-refractivity contribution in [2.45, 2.75) is 70.2 Å². The number of hydrogen-bond donors (Lipinski definition) is 3. The van der Waals surface area contributed by atoms with Gasteiger partial charge in [0, 0.05) is 12.8 Å². The Hall–Kier alpha value is -1.22. The van der Waals surface area contributed by atoms with Gasteiger partial charge < -0.3 is 29.5 Å². The van der Waals surface area contributed by atoms with Gasteiger partial charge in [-0.2, -0.15) is 0 Å². The lowest BCUT2D eigenvalue weighted by atomic mass is 9.99. The van der Waals surface area contributed by atoms with E-state index < -0.39 is 42.6 Å². The molecule has 1 rings (SSSR count). The van der Waals surface area contributed by atoms with Crippen LogP contribution in [0, 0.1) is 0 Å². The maximum absolute atomic E-state index is 11.5. The van der Waals surface area contributed by atoms with Crippen molar-refractivity contribution in [3.05, 3.63) is 0 Å². The molecule has 8 nitrogen and oxygen atoms in total. The van der Waals surface area contributed by atoms with Crippen molar-refractivity contribution in [1.29, 1.82) is 0 Å². The van der Waals surface area contributed by atoms with E-state index in [1.54, 1.807) is 6.92 Å². The van der Waals surface area contributed by atoms with Crippen LogP contribution in [0.5, 0.6) is 0 Å². The van der Waals surface area contributed by atoms with Gasteiger partial charge >= 0.3 is 11.9 Å². The summed E-state index contributed by atoms with van der Waals surface area (Å²) in [6, 6.07) is 0. The molecule has 1 aliphatic rings. The Morgan fingerprint density at radius 1 is 1.00 bits per heavy atom. The highest BCUT2D eigenvalue weighted by Gasteiger charge is 2.46. The first kappa shape index (κ1) is 18.8. The lowest BCUT2D eigenvalue weighted by molar-refractivity contribution is -0.290. The largest absolute Gasteiger partial charge is 0.463 e. The molecule has 3 N–H and O–H groups in total. The quantitative estimate of drug-likeness (QED) is 0.536. The van der Waals surface area contributed by atoms with Crippen LogP contribution in [0.25, 0.3) is 0 Å². The third-order valence-electron chi connectivity index (χ3n) is 3.24. The topological polar surface area (TPSA) is 123 Å². The Kier molecular flexibility index (Phi) is 7.74. The predicted octanol–water partition coefficient (Wildman–Crippen LogP) is -0.519. The van der Waals surface area contributed by atoms with Crippen molar-refractivity contribution in [3.8, 4) is 0 Å². The molecule has 0 amide bonds. The van der Waals surface area contributed by atoms with Gasteiger partial charge in [-0.1, -0.05) is 13.8 Å². The van der Waals surface area contributed by atoms with E-state index in [-0.39, 0.29) is 19.4 Å². The highest BCUT2D eigenvalue weighted by molar-refractivity contribution is 5.69. The third kappa shape index (κ3) is 5.20. The van der Waals surface area contributed by atoms with Crippen molar-refractivity contribution in [2.75, 3.05) is 6.61 Å². The van der Waals surface area contributed by atoms with Gasteiger partial charge in [0.05, 0.1) is 0 Å². The first-order valence-corrected chi connectivity index (χ1v) is 7.45. The molecule has 1 aliphatic heterocycles. The standard InChI is InChI=1S/C14H24O8/c1-3-5-9(15)20-7-8-11(17)13(12(18)14(19)21-8)22-10(16)6-4-2/h8,11-14,17-19H,3-7H2,1-2H3/t8-,11+,12-,13+,14+/m1/s1. The molecule has 0 saturated carbocycles. The summed E-state index contributed by atoms with van der Waals surface area (Å²) in [6.07, 6.45) is -5.52. The zero-order chi connectivity index (χ0) is 16.7. The molecule has 0 bridgehead atoms. The molecule has 5 atom stereocenters. The highest BCUT2D eigenvalue weighted by atomic mass is 16.7. The number of carbonyl (C=O) groups is 2. The predicted molar refractivity (Wildman–Crippen MR) is 73.5 cm³/mol. The molecule has 128 valence electrons. The summed E-state index contributed by atoms with van der Waals surface area (Å²) in [5.74, 6) is -1.06. The fourth-order valence-electron chi connectivity index (χ4n) is 2.06. The number of esters is 2. The summed E-state index contributed by atoms with van der Waals surface area (Å²) in [5.41, 5.74) is 0. The van der Waals surface area contributed by atoms with E-state index in [4.69, 9.17) is 14.2 Å². The Balaban J connectivity index is 2.64. The molecule has 8 heteroatoms. The van der Waals surface area contributed by atoms with Gasteiger partial charge in [0.15, 0.2) is 12.4 Å². The summed E-state index contributed by atoms with van der Waals surface area (Å²) >= 11 is 0. The number of hydrogen-bond acceptors (Lipinski definition) is 8. The summed E-state index contributed by atoms with van der Waals surface area (Å²) < 4.78 is 14.9. The van der Waals surface area contributed by atoms with Gasteiger partial charge in [0.1, 0.15) is 24.9 Å². The van der Waals surface area contributed by atoms with Crippen molar-refractivity contribution in [1.82, 2.24) is 0 Å². The van der Waals surface area contributed by atoms with E-state index in [1.165, 1.54) is 0 Å². The number of aliphatic hydroxyl groups is 3. The van der Waals surface area contributed by atoms with Gasteiger partial charge in [-0.3, -0.25) is 9.59 Å². The molecule has 1 heterocycles. The first-order valence-electron chi connectivity index (χ1n) is 7.45. The van der Waals surface area contributed by atoms with Crippen LogP contribution in [0.2, 0.25) is 0 Å². The highest BCUT2D eigenvalue weighted by Crippen LogP contribution is 2.23. The van der Waals surface area contributed by atoms with Gasteiger partial charge in [-0.25, -0.2) is 0 Å². The number of ether oxygens (including phenoxy) is 3. The van der Waals surface area contributed by atoms with Crippen LogP contribution in [0.3, 0.4) is 0 Å². The Morgan fingerprint density at radius 2 is 1.59 bits per heavy atom. The minimum Gasteiger partial charge on any atom is -0.463 e. The van der Waals surface area contributed by atoms with Crippen LogP contribution in [-0.2, 0) is 23.8 Å². The Bertz CT molecular complexity index is 372. The van der Waals surface area contributed by atoms with E-state index in [0.717, 1.165) is 0 Å². The molecule has 0 unspecified atom stereocenters. The Labute approximate surface area is 129 Å². The van der Waals surface area contributed by atoms with Crippen LogP contribution in [0.1, 0.15) is 39.5 Å². The summed E-state index contributed by atoms with van der Waals surface area (Å²) in [4.78, 5) is 22.8. The molecule has 0 spiro atoms. The van der Waals surface area contributed by atoms with Crippen molar-refractivity contribution < 1.29 is 39.1 Å². The number of carbonyl (C=O) groups excluding carboxylic acids is 2. The molecule has 0 aromatic heterocycles. The van der Waals surface area contributed by atoms with E-state index in [9.17, 15) is 24.9 Å². The van der Waals surface area contributed by atoms with E-state index in [0.29, 0.717) is 12.8 Å². The summed E-state index contributed by atoms with van der Waals surface area (Å²) in [7, 11) is 0. The maximum Gasteiger partial charge on any atom is 0.306 e. The van der Waals surface area contributed by atoms with Crippen LogP contribution in [-0.4, -0.2) is 64.6 Å². The van der Waals surface area contributed by atoms with Crippen LogP contribution in [0.4, 0.5) is 0 Å². The molecule has 1 fully saturated rings. The minimum atomic E-state index is -1.64. The SMILES string of the molecule is CCCC(=O)OC[C@H]1O[C@H](O)[C@H](O)[C@@H](OC(=O)CCC)[C@H]1O. The molecule has 0 aliphatic carbocycles. The lowest BCUT2D eigenvalue weighted by Gasteiger charge is -2.39. The van der Waals surface area contributed by atoms with Crippen molar-refractivity contribution in [2.24, 2.45) is 0 Å². The summed E-state index contributed by atoms with van der Waals surface area (Å²) in [6.45, 7) is 3.30. The van der Waals surface area contributed by atoms with Crippen molar-refractivity contribution >= 4 is 11.9 Å². The number of rotatable bonds is 7. The maximum atomic E-state index is 11.5. The summed E-state index contributed by atoms with van der Waals surface area (Å²) in [5, 5.41) is 29.5. The van der Waals surface area contributed by atoms with Gasteiger partial charge in [0.25, 0.3) is 0 Å². The minimum absolute atomic E-state index is 0.128. The van der Waals surface area contributed by atoms with Gasteiger partial charge in [-0.05, 0) is 12.8 Å². The monoisotopic (exact) mass is 320 g/mol. The average molecular weight is 320 g/mol. The van der Waals surface area contributed by atoms with E-state index in [1.807, 2.05) is 6.92 Å². The van der Waals surface area contributed by atoms with Crippen molar-refractivity contribution in [3.63, 3.8) is 0 Å². The average Bonchev–Trinajstić information content (AvgIpc) is 2.46. The molecule has 0 radical (unpaired) electrons. The zero-order valence-corrected chi connectivity index (χ0v) is 12.8. The first-order chi connectivity index (χ1) is 10.4. The normalized spacial score (nSPS) is 31.6. The zero-order valence-electron chi connectivity index (χ0n) is 12.8. The molecule has 22 heavy (non-hydrogen) atoms. The lowest BCUT2D eigenvalue weighted by Crippen LogP contribution is -2.60. The van der Waals surface area contributed by atoms with Gasteiger partial charge in [0.2, 0.25) is 0 Å². The smallest absolute Gasteiger partial charge is 0.306 e. The van der Waals surface area contributed by atoms with Crippen LogP contribution < -0.4 is 0 Å². The molecule has 0 aromatic carbocycles. The van der Waals surface area contributed by atoms with E-state index >= 15 is 0 Å². The Morgan fingerprint density at radius 3 is 2.18 bits per heavy atom. The molecular weight excluding hydrogens is 296 g/mol. The fraction of sp³-hybridized carbons (Fsp3) is 0.857. The third-order valence-corrected chi connectivity index (χ3v) is 3.24. The second-order valence-corrected chi connectivity index (χ2v) is 5.18. The number of aliphatic hydroxyl groups excluding tert-OH is 3. The second-order valence-electron chi connectivity index (χ2n) is 5.18. The second kappa shape index (κ2) is 9.04. The van der Waals surface area contributed by atoms with E-state index in [2.05, 4.69) is 0 Å². The molecular formula is C14H24O8. The molecule has 0 aromatic rings. The van der Waals surface area contributed by atoms with Crippen LogP contribution in [0.15, 0.2) is 0 Å². The van der Waals surface area contributed by atoms with Crippen LogP contribution >= 0.6 is 0 Å². The van der Waals surface area contributed by atoms with Gasteiger partial charge in [-0.15, -0.1) is 0 Å².